The van der Waals surface area contributed by atoms with E-state index in [-0.39, 0.29) is 5.97 Å². The van der Waals surface area contributed by atoms with Crippen molar-refractivity contribution in [2.75, 3.05) is 6.54 Å². The first-order valence-corrected chi connectivity index (χ1v) is 5.01. The Hall–Kier alpha value is -1.62. The van der Waals surface area contributed by atoms with Crippen molar-refractivity contribution in [3.05, 3.63) is 28.5 Å². The van der Waals surface area contributed by atoms with Gasteiger partial charge in [0.05, 0.1) is 18.3 Å². The first-order valence-electron chi connectivity index (χ1n) is 4.07. The Kier molecular flexibility index (Phi) is 2.60. The van der Waals surface area contributed by atoms with E-state index in [0.717, 1.165) is 0 Å². The van der Waals surface area contributed by atoms with E-state index in [1.54, 1.807) is 17.5 Å². The van der Waals surface area contributed by atoms with E-state index in [1.165, 1.54) is 17.6 Å². The average molecular weight is 208 g/mol. The minimum absolute atomic E-state index is 0.367. The van der Waals surface area contributed by atoms with Gasteiger partial charge in [0.1, 0.15) is 5.75 Å². The van der Waals surface area contributed by atoms with Crippen LogP contribution in [0.3, 0.4) is 0 Å². The second-order valence-electron chi connectivity index (χ2n) is 2.63. The molecule has 1 N–H and O–H groups in total. The fourth-order valence-corrected chi connectivity index (χ4v) is 1.54. The van der Waals surface area contributed by atoms with E-state index < -0.39 is 0 Å². The lowest BCUT2D eigenvalue weighted by Gasteiger charge is -2.06. The normalized spacial score (nSPS) is 14.4. The zero-order chi connectivity index (χ0) is 9.80. The molecule has 0 saturated carbocycles. The van der Waals surface area contributed by atoms with E-state index in [0.29, 0.717) is 17.9 Å². The Morgan fingerprint density at radius 1 is 1.64 bits per heavy atom. The maximum atomic E-state index is 11.5. The molecular weight excluding hydrogens is 200 g/mol. The van der Waals surface area contributed by atoms with Crippen LogP contribution in [0.15, 0.2) is 33.6 Å². The molecular formula is C9H8N2O2S. The van der Waals surface area contributed by atoms with Gasteiger partial charge in [-0.25, -0.2) is 4.79 Å². The number of rotatable bonds is 2. The summed E-state index contributed by atoms with van der Waals surface area (Å²) in [7, 11) is 0. The fourth-order valence-electron chi connectivity index (χ4n) is 0.988. The molecule has 4 nitrogen and oxygen atoms in total. The third-order valence-electron chi connectivity index (χ3n) is 1.65. The van der Waals surface area contributed by atoms with Gasteiger partial charge < -0.3 is 10.2 Å². The highest BCUT2D eigenvalue weighted by Crippen LogP contribution is 2.16. The van der Waals surface area contributed by atoms with Gasteiger partial charge in [0.2, 0.25) is 0 Å². The SMILES string of the molecule is O=C(Oc1ccsc1)C1=CCNN=C1. The van der Waals surface area contributed by atoms with Gasteiger partial charge in [-0.05, 0) is 17.5 Å². The molecule has 72 valence electrons. The molecule has 5 heteroatoms. The number of esters is 1. The van der Waals surface area contributed by atoms with Gasteiger partial charge in [-0.2, -0.15) is 5.10 Å². The molecule has 0 bridgehead atoms. The van der Waals surface area contributed by atoms with Crippen LogP contribution in [-0.4, -0.2) is 18.7 Å². The summed E-state index contributed by atoms with van der Waals surface area (Å²) in [6.07, 6.45) is 3.19. The van der Waals surface area contributed by atoms with Crippen molar-refractivity contribution < 1.29 is 9.53 Å². The topological polar surface area (TPSA) is 50.7 Å². The van der Waals surface area contributed by atoms with Crippen molar-refractivity contribution in [3.8, 4) is 5.75 Å². The first-order chi connectivity index (χ1) is 6.86. The molecule has 2 heterocycles. The van der Waals surface area contributed by atoms with Crippen LogP contribution in [0, 0.1) is 0 Å². The van der Waals surface area contributed by atoms with Crippen molar-refractivity contribution in [3.63, 3.8) is 0 Å². The van der Waals surface area contributed by atoms with Crippen molar-refractivity contribution in [1.82, 2.24) is 5.43 Å². The zero-order valence-corrected chi connectivity index (χ0v) is 8.08. The van der Waals surface area contributed by atoms with Crippen LogP contribution in [-0.2, 0) is 4.79 Å². The van der Waals surface area contributed by atoms with Crippen molar-refractivity contribution >= 4 is 23.5 Å². The maximum Gasteiger partial charge on any atom is 0.344 e. The van der Waals surface area contributed by atoms with Crippen LogP contribution >= 0.6 is 11.3 Å². The van der Waals surface area contributed by atoms with Gasteiger partial charge in [0.15, 0.2) is 0 Å². The number of thiophene rings is 1. The lowest BCUT2D eigenvalue weighted by molar-refractivity contribution is -0.129. The maximum absolute atomic E-state index is 11.5. The molecule has 1 aliphatic rings. The van der Waals surface area contributed by atoms with Crippen LogP contribution in [0.1, 0.15) is 0 Å². The van der Waals surface area contributed by atoms with Crippen LogP contribution in [0.2, 0.25) is 0 Å². The Labute approximate surface area is 84.9 Å². The highest BCUT2D eigenvalue weighted by atomic mass is 32.1. The minimum Gasteiger partial charge on any atom is -0.422 e. The molecule has 0 aliphatic carbocycles. The van der Waals surface area contributed by atoms with Gasteiger partial charge in [0, 0.05) is 5.38 Å². The molecule has 0 amide bonds. The molecule has 0 aromatic carbocycles. The van der Waals surface area contributed by atoms with Crippen molar-refractivity contribution in [2.45, 2.75) is 0 Å². The molecule has 2 rings (SSSR count). The van der Waals surface area contributed by atoms with E-state index in [2.05, 4.69) is 10.5 Å². The van der Waals surface area contributed by atoms with E-state index in [4.69, 9.17) is 4.74 Å². The van der Waals surface area contributed by atoms with Crippen LogP contribution in [0.25, 0.3) is 0 Å². The summed E-state index contributed by atoms with van der Waals surface area (Å²) in [5.74, 6) is 0.210. The lowest BCUT2D eigenvalue weighted by atomic mass is 10.2. The van der Waals surface area contributed by atoms with Gasteiger partial charge in [-0.3, -0.25) is 0 Å². The van der Waals surface area contributed by atoms with Crippen LogP contribution in [0.5, 0.6) is 5.75 Å². The minimum atomic E-state index is -0.367. The third kappa shape index (κ3) is 2.00. The molecule has 0 atom stereocenters. The largest absolute Gasteiger partial charge is 0.422 e. The quantitative estimate of drug-likeness (QED) is 0.742. The van der Waals surface area contributed by atoms with Gasteiger partial charge in [-0.1, -0.05) is 0 Å². The van der Waals surface area contributed by atoms with Crippen molar-refractivity contribution in [2.24, 2.45) is 5.10 Å². The van der Waals surface area contributed by atoms with Crippen LogP contribution in [0.4, 0.5) is 0 Å². The molecule has 0 unspecified atom stereocenters. The number of carbonyl (C=O) groups is 1. The predicted octanol–water partition coefficient (Wildman–Crippen LogP) is 1.17. The second-order valence-corrected chi connectivity index (χ2v) is 3.41. The number of nitrogens with zero attached hydrogens (tertiary/aromatic N) is 1. The average Bonchev–Trinajstić information content (AvgIpc) is 2.72. The summed E-state index contributed by atoms with van der Waals surface area (Å²) in [5.41, 5.74) is 3.20. The Morgan fingerprint density at radius 2 is 2.57 bits per heavy atom. The Bertz CT molecular complexity index is 382. The molecule has 0 saturated heterocycles. The predicted molar refractivity (Wildman–Crippen MR) is 54.5 cm³/mol. The number of nitrogens with one attached hydrogen (secondary N) is 1. The Morgan fingerprint density at radius 3 is 3.21 bits per heavy atom. The summed E-state index contributed by atoms with van der Waals surface area (Å²) < 4.78 is 5.08. The Balaban J connectivity index is 2.02. The third-order valence-corrected chi connectivity index (χ3v) is 2.31. The number of hydrazone groups is 1. The van der Waals surface area contributed by atoms with Crippen molar-refractivity contribution in [1.29, 1.82) is 0 Å². The molecule has 0 spiro atoms. The van der Waals surface area contributed by atoms with E-state index in [9.17, 15) is 4.79 Å². The van der Waals surface area contributed by atoms with Gasteiger partial charge in [-0.15, -0.1) is 11.3 Å². The number of hydrogen-bond donors (Lipinski definition) is 1. The standard InChI is InChI=1S/C9H8N2O2S/c12-9(7-1-3-10-11-5-7)13-8-2-4-14-6-8/h1-2,4-6,10H,3H2. The lowest BCUT2D eigenvalue weighted by Crippen LogP contribution is -2.19. The first kappa shape index (κ1) is 8.96. The monoisotopic (exact) mass is 208 g/mol. The van der Waals surface area contributed by atoms with E-state index in [1.807, 2.05) is 5.38 Å². The number of carbonyl (C=O) groups excluding carboxylic acids is 1. The molecule has 1 aliphatic heterocycles. The van der Waals surface area contributed by atoms with Crippen LogP contribution < -0.4 is 10.2 Å². The van der Waals surface area contributed by atoms with E-state index >= 15 is 0 Å². The molecule has 14 heavy (non-hydrogen) atoms. The number of ether oxygens (including phenoxy) is 1. The summed E-state index contributed by atoms with van der Waals surface area (Å²) in [4.78, 5) is 11.5. The smallest absolute Gasteiger partial charge is 0.344 e. The summed E-state index contributed by atoms with van der Waals surface area (Å²) in [6, 6.07) is 1.75. The second kappa shape index (κ2) is 4.06. The highest BCUT2D eigenvalue weighted by molar-refractivity contribution is 7.08. The molecule has 0 fully saturated rings. The summed E-state index contributed by atoms with van der Waals surface area (Å²) >= 11 is 1.49. The van der Waals surface area contributed by atoms with Gasteiger partial charge in [0.25, 0.3) is 0 Å². The fraction of sp³-hybridized carbons (Fsp3) is 0.111. The zero-order valence-electron chi connectivity index (χ0n) is 7.27. The molecule has 1 aromatic heterocycles. The van der Waals surface area contributed by atoms with Gasteiger partial charge >= 0.3 is 5.97 Å². The molecule has 1 aromatic rings. The molecule has 0 radical (unpaired) electrons. The summed E-state index contributed by atoms with van der Waals surface area (Å²) in [6.45, 7) is 0.560. The summed E-state index contributed by atoms with van der Waals surface area (Å²) in [5, 5.41) is 7.40. The number of hydrogen-bond acceptors (Lipinski definition) is 5. The highest BCUT2D eigenvalue weighted by Gasteiger charge is 2.11.